The van der Waals surface area contributed by atoms with Crippen LogP contribution in [0.2, 0.25) is 0 Å². The lowest BCUT2D eigenvalue weighted by atomic mass is 9.99. The zero-order valence-corrected chi connectivity index (χ0v) is 19.9. The first kappa shape index (κ1) is 23.2. The van der Waals surface area contributed by atoms with Crippen LogP contribution in [0.3, 0.4) is 0 Å². The molecule has 5 rings (SSSR count). The van der Waals surface area contributed by atoms with Crippen molar-refractivity contribution >= 4 is 11.8 Å². The number of ether oxygens (including phenoxy) is 1. The van der Waals surface area contributed by atoms with Gasteiger partial charge < -0.3 is 15.0 Å². The van der Waals surface area contributed by atoms with E-state index in [1.807, 2.05) is 49.4 Å². The molecule has 3 aromatic heterocycles. The maximum Gasteiger partial charge on any atom is 0.272 e. The second-order valence-corrected chi connectivity index (χ2v) is 8.49. The van der Waals surface area contributed by atoms with Crippen LogP contribution in [-0.4, -0.2) is 55.0 Å². The molecule has 10 heteroatoms. The first-order chi connectivity index (χ1) is 17.5. The average Bonchev–Trinajstić information content (AvgIpc) is 3.43. The van der Waals surface area contributed by atoms with Crippen LogP contribution in [0.15, 0.2) is 67.1 Å². The SMILES string of the molecule is COc1cccc([C@H](C)NC(=O)C2Cc3nccnc3CN2C(=O)c2cc(-c3ccccn3)n[nH]2)c1. The Balaban J connectivity index is 1.41. The number of fused-ring (bicyclic) bond motifs is 1. The fourth-order valence-corrected chi connectivity index (χ4v) is 4.25. The van der Waals surface area contributed by atoms with Gasteiger partial charge in [-0.2, -0.15) is 5.10 Å². The molecule has 0 aliphatic carbocycles. The van der Waals surface area contributed by atoms with Crippen LogP contribution in [0.25, 0.3) is 11.4 Å². The molecule has 2 atom stereocenters. The third-order valence-corrected chi connectivity index (χ3v) is 6.20. The first-order valence-corrected chi connectivity index (χ1v) is 11.5. The van der Waals surface area contributed by atoms with Crippen LogP contribution in [0.1, 0.15) is 40.4 Å². The summed E-state index contributed by atoms with van der Waals surface area (Å²) in [7, 11) is 1.60. The van der Waals surface area contributed by atoms with Crippen molar-refractivity contribution in [2.45, 2.75) is 32.0 Å². The van der Waals surface area contributed by atoms with E-state index >= 15 is 0 Å². The zero-order valence-electron chi connectivity index (χ0n) is 19.9. The number of hydrogen-bond donors (Lipinski definition) is 2. The third-order valence-electron chi connectivity index (χ3n) is 6.20. The summed E-state index contributed by atoms with van der Waals surface area (Å²) in [4.78, 5) is 41.7. The Labute approximate surface area is 207 Å². The maximum atomic E-state index is 13.6. The Morgan fingerprint density at radius 2 is 1.86 bits per heavy atom. The highest BCUT2D eigenvalue weighted by atomic mass is 16.5. The summed E-state index contributed by atoms with van der Waals surface area (Å²) < 4.78 is 5.30. The summed E-state index contributed by atoms with van der Waals surface area (Å²) in [6.45, 7) is 2.05. The molecular formula is C26H25N7O3. The van der Waals surface area contributed by atoms with Gasteiger partial charge in [-0.15, -0.1) is 0 Å². The summed E-state index contributed by atoms with van der Waals surface area (Å²) in [5.41, 5.74) is 3.72. The van der Waals surface area contributed by atoms with E-state index in [4.69, 9.17) is 4.74 Å². The minimum atomic E-state index is -0.767. The standard InChI is InChI=1S/C26H25N7O3/c1-16(17-6-5-7-18(12-17)36-2)30-25(34)24-14-20-23(29-11-10-28-20)15-33(24)26(35)22-13-21(31-32-22)19-8-3-4-9-27-19/h3-13,16,24H,14-15H2,1-2H3,(H,30,34)(H,31,32)/t16-,24?/m0/s1. The molecule has 1 aliphatic heterocycles. The molecule has 1 aromatic carbocycles. The van der Waals surface area contributed by atoms with Crippen molar-refractivity contribution in [1.82, 2.24) is 35.4 Å². The van der Waals surface area contributed by atoms with Gasteiger partial charge in [-0.3, -0.25) is 29.6 Å². The summed E-state index contributed by atoms with van der Waals surface area (Å²) >= 11 is 0. The summed E-state index contributed by atoms with van der Waals surface area (Å²) in [6.07, 6.45) is 5.10. The maximum absolute atomic E-state index is 13.6. The quantitative estimate of drug-likeness (QED) is 0.432. The molecule has 0 saturated heterocycles. The van der Waals surface area contributed by atoms with Gasteiger partial charge in [-0.1, -0.05) is 18.2 Å². The molecular weight excluding hydrogens is 458 g/mol. The zero-order chi connectivity index (χ0) is 25.1. The lowest BCUT2D eigenvalue weighted by Crippen LogP contribution is -2.53. The fraction of sp³-hybridized carbons (Fsp3) is 0.231. The van der Waals surface area contributed by atoms with Gasteiger partial charge in [0.25, 0.3) is 5.91 Å². The highest BCUT2D eigenvalue weighted by Gasteiger charge is 2.37. The molecule has 0 fully saturated rings. The lowest BCUT2D eigenvalue weighted by molar-refractivity contribution is -0.126. The monoisotopic (exact) mass is 483 g/mol. The number of methoxy groups -OCH3 is 1. The van der Waals surface area contributed by atoms with Crippen molar-refractivity contribution in [3.8, 4) is 17.1 Å². The molecule has 0 bridgehead atoms. The van der Waals surface area contributed by atoms with Crippen LogP contribution < -0.4 is 10.1 Å². The molecule has 36 heavy (non-hydrogen) atoms. The van der Waals surface area contributed by atoms with E-state index in [2.05, 4.69) is 30.5 Å². The molecule has 2 N–H and O–H groups in total. The Hall–Kier alpha value is -4.60. The number of aromatic nitrogens is 5. The number of benzene rings is 1. The van der Waals surface area contributed by atoms with Crippen LogP contribution in [0.4, 0.5) is 0 Å². The molecule has 1 unspecified atom stereocenters. The molecule has 182 valence electrons. The van der Waals surface area contributed by atoms with Crippen LogP contribution in [0.5, 0.6) is 5.75 Å². The Morgan fingerprint density at radius 3 is 2.64 bits per heavy atom. The normalized spacial score (nSPS) is 15.6. The number of nitrogens with one attached hydrogen (secondary N) is 2. The smallest absolute Gasteiger partial charge is 0.272 e. The van der Waals surface area contributed by atoms with Crippen molar-refractivity contribution in [3.05, 3.63) is 89.8 Å². The van der Waals surface area contributed by atoms with E-state index in [9.17, 15) is 9.59 Å². The van der Waals surface area contributed by atoms with Gasteiger partial charge in [0.05, 0.1) is 36.8 Å². The largest absolute Gasteiger partial charge is 0.497 e. The predicted octanol–water partition coefficient (Wildman–Crippen LogP) is 2.71. The van der Waals surface area contributed by atoms with Crippen molar-refractivity contribution in [2.75, 3.05) is 7.11 Å². The van der Waals surface area contributed by atoms with Crippen molar-refractivity contribution in [1.29, 1.82) is 0 Å². The Bertz CT molecular complexity index is 1390. The molecule has 0 radical (unpaired) electrons. The van der Waals surface area contributed by atoms with Crippen molar-refractivity contribution in [2.24, 2.45) is 0 Å². The summed E-state index contributed by atoms with van der Waals surface area (Å²) in [5, 5.41) is 10.1. The highest BCUT2D eigenvalue weighted by Crippen LogP contribution is 2.25. The number of nitrogens with zero attached hydrogens (tertiary/aromatic N) is 5. The Morgan fingerprint density at radius 1 is 1.03 bits per heavy atom. The minimum absolute atomic E-state index is 0.158. The van der Waals surface area contributed by atoms with E-state index in [1.165, 1.54) is 4.90 Å². The number of aromatic amines is 1. The first-order valence-electron chi connectivity index (χ1n) is 11.5. The second kappa shape index (κ2) is 9.95. The van der Waals surface area contributed by atoms with E-state index < -0.39 is 6.04 Å². The fourth-order valence-electron chi connectivity index (χ4n) is 4.25. The van der Waals surface area contributed by atoms with Crippen LogP contribution in [-0.2, 0) is 17.8 Å². The molecule has 0 saturated carbocycles. The van der Waals surface area contributed by atoms with Gasteiger partial charge in [-0.25, -0.2) is 0 Å². The second-order valence-electron chi connectivity index (χ2n) is 8.49. The number of pyridine rings is 1. The molecule has 2 amide bonds. The van der Waals surface area contributed by atoms with E-state index in [0.717, 1.165) is 5.56 Å². The van der Waals surface area contributed by atoms with E-state index in [-0.39, 0.29) is 36.5 Å². The highest BCUT2D eigenvalue weighted by molar-refractivity contribution is 5.97. The minimum Gasteiger partial charge on any atom is -0.497 e. The number of hydrogen-bond acceptors (Lipinski definition) is 7. The van der Waals surface area contributed by atoms with E-state index in [1.54, 1.807) is 31.8 Å². The van der Waals surface area contributed by atoms with Gasteiger partial charge in [-0.05, 0) is 42.8 Å². The van der Waals surface area contributed by atoms with Crippen molar-refractivity contribution < 1.29 is 14.3 Å². The number of carbonyl (C=O) groups excluding carboxylic acids is 2. The van der Waals surface area contributed by atoms with Gasteiger partial charge >= 0.3 is 0 Å². The van der Waals surface area contributed by atoms with Gasteiger partial charge in [0.2, 0.25) is 5.91 Å². The van der Waals surface area contributed by atoms with Gasteiger partial charge in [0, 0.05) is 25.0 Å². The number of carbonyl (C=O) groups is 2. The van der Waals surface area contributed by atoms with Gasteiger partial charge in [0.15, 0.2) is 0 Å². The van der Waals surface area contributed by atoms with Crippen molar-refractivity contribution in [3.63, 3.8) is 0 Å². The van der Waals surface area contributed by atoms with Crippen LogP contribution in [0, 0.1) is 0 Å². The van der Waals surface area contributed by atoms with Crippen LogP contribution >= 0.6 is 0 Å². The average molecular weight is 484 g/mol. The summed E-state index contributed by atoms with van der Waals surface area (Å²) in [5.74, 6) is 0.0739. The molecule has 1 aliphatic rings. The topological polar surface area (TPSA) is 126 Å². The molecule has 10 nitrogen and oxygen atoms in total. The van der Waals surface area contributed by atoms with E-state index in [0.29, 0.717) is 28.5 Å². The Kier molecular flexibility index (Phi) is 6.40. The predicted molar refractivity (Wildman–Crippen MR) is 131 cm³/mol. The molecule has 0 spiro atoms. The number of H-pyrrole nitrogens is 1. The molecule has 4 heterocycles. The third kappa shape index (κ3) is 4.65. The summed E-state index contributed by atoms with van der Waals surface area (Å²) in [6, 6.07) is 13.6. The van der Waals surface area contributed by atoms with Gasteiger partial charge in [0.1, 0.15) is 23.2 Å². The molecule has 4 aromatic rings. The number of amides is 2. The lowest BCUT2D eigenvalue weighted by Gasteiger charge is -2.35. The number of rotatable bonds is 6.